The summed E-state index contributed by atoms with van der Waals surface area (Å²) in [6, 6.07) is 10.7. The molecule has 0 aliphatic carbocycles. The lowest BCUT2D eigenvalue weighted by atomic mass is 10.1. The highest BCUT2D eigenvalue weighted by atomic mass is 79.9. The normalized spacial score (nSPS) is 10.3. The van der Waals surface area contributed by atoms with E-state index in [2.05, 4.69) is 15.9 Å². The molecule has 5 N–H and O–H groups in total. The number of benzene rings is 2. The van der Waals surface area contributed by atoms with Gasteiger partial charge in [0.2, 0.25) is 0 Å². The first-order chi connectivity index (χ1) is 10.9. The van der Waals surface area contributed by atoms with Gasteiger partial charge in [-0.15, -0.1) is 0 Å². The van der Waals surface area contributed by atoms with Crippen LogP contribution in [0.25, 0.3) is 0 Å². The number of rotatable bonds is 4. The molecule has 0 fully saturated rings. The number of hydrogen-bond acceptors (Lipinski definition) is 4. The van der Waals surface area contributed by atoms with Crippen LogP contribution in [-0.4, -0.2) is 6.03 Å². The minimum Gasteiger partial charge on any atom is -0.489 e. The minimum absolute atomic E-state index is 0.288. The Hall–Kier alpha value is -2.09. The molecule has 6 nitrogen and oxygen atoms in total. The van der Waals surface area contributed by atoms with Crippen LogP contribution in [0.3, 0.4) is 0 Å². The molecule has 0 spiro atoms. The van der Waals surface area contributed by atoms with Gasteiger partial charge in [0.05, 0.1) is 5.69 Å². The Bertz CT molecular complexity index is 721. The molecule has 0 aromatic heterocycles. The number of hydrogen-bond donors (Lipinski definition) is 3. The van der Waals surface area contributed by atoms with Crippen LogP contribution >= 0.6 is 15.9 Å². The van der Waals surface area contributed by atoms with Crippen LogP contribution in [-0.2, 0) is 6.61 Å². The molecule has 0 saturated carbocycles. The van der Waals surface area contributed by atoms with Gasteiger partial charge in [-0.3, -0.25) is 5.43 Å². The summed E-state index contributed by atoms with van der Waals surface area (Å²) in [5.74, 6) is 11.7. The maximum atomic E-state index is 11.7. The molecule has 2 amide bonds. The van der Waals surface area contributed by atoms with Gasteiger partial charge in [0.1, 0.15) is 12.4 Å². The second-order valence-corrected chi connectivity index (χ2v) is 6.01. The fourth-order valence-corrected chi connectivity index (χ4v) is 2.68. The number of aryl methyl sites for hydroxylation is 2. The van der Waals surface area contributed by atoms with Crippen molar-refractivity contribution in [1.82, 2.24) is 5.43 Å². The lowest BCUT2D eigenvalue weighted by Gasteiger charge is -2.21. The number of ether oxygens (including phenoxy) is 1. The number of halogens is 1. The number of urea groups is 1. The Balaban J connectivity index is 2.27. The van der Waals surface area contributed by atoms with Crippen LogP contribution in [0.5, 0.6) is 5.75 Å². The summed E-state index contributed by atoms with van der Waals surface area (Å²) < 4.78 is 6.89. The lowest BCUT2D eigenvalue weighted by Crippen LogP contribution is -2.48. The summed E-state index contributed by atoms with van der Waals surface area (Å²) in [6.07, 6.45) is 0. The molecule has 0 heterocycles. The highest BCUT2D eigenvalue weighted by Gasteiger charge is 2.16. The van der Waals surface area contributed by atoms with Gasteiger partial charge >= 0.3 is 6.03 Å². The lowest BCUT2D eigenvalue weighted by molar-refractivity contribution is 0.246. The van der Waals surface area contributed by atoms with Gasteiger partial charge in [-0.05, 0) is 49.2 Å². The van der Waals surface area contributed by atoms with E-state index in [0.29, 0.717) is 5.69 Å². The van der Waals surface area contributed by atoms with Crippen molar-refractivity contribution >= 4 is 27.6 Å². The SMILES string of the molecule is Cc1cc(Br)ccc1OCc1c(C)cccc1N(N)C(=O)NN. The Morgan fingerprint density at radius 1 is 1.26 bits per heavy atom. The van der Waals surface area contributed by atoms with Crippen LogP contribution in [0, 0.1) is 13.8 Å². The standard InChI is InChI=1S/C16H19BrN4O2/c1-10-4-3-5-14(21(19)16(22)20-18)13(10)9-23-15-7-6-12(17)8-11(15)2/h3-8H,9,18-19H2,1-2H3,(H,20,22). The van der Waals surface area contributed by atoms with Gasteiger partial charge in [0.25, 0.3) is 0 Å². The van der Waals surface area contributed by atoms with E-state index < -0.39 is 6.03 Å². The predicted octanol–water partition coefficient (Wildman–Crippen LogP) is 2.91. The van der Waals surface area contributed by atoms with Crippen molar-refractivity contribution in [3.05, 3.63) is 57.6 Å². The molecule has 7 heteroatoms. The van der Waals surface area contributed by atoms with E-state index in [4.69, 9.17) is 16.4 Å². The Kier molecular flexibility index (Phi) is 5.59. The molecule has 0 aliphatic rings. The Morgan fingerprint density at radius 3 is 2.65 bits per heavy atom. The quantitative estimate of drug-likeness (QED) is 0.433. The number of nitrogens with one attached hydrogen (secondary N) is 1. The van der Waals surface area contributed by atoms with Crippen LogP contribution in [0.15, 0.2) is 40.9 Å². The molecule has 122 valence electrons. The number of amides is 2. The highest BCUT2D eigenvalue weighted by molar-refractivity contribution is 9.10. The molecule has 0 saturated heterocycles. The second-order valence-electron chi connectivity index (χ2n) is 5.09. The van der Waals surface area contributed by atoms with Crippen molar-refractivity contribution in [1.29, 1.82) is 0 Å². The van der Waals surface area contributed by atoms with Crippen molar-refractivity contribution in [2.75, 3.05) is 5.01 Å². The number of hydrazine groups is 2. The summed E-state index contributed by atoms with van der Waals surface area (Å²) in [7, 11) is 0. The largest absolute Gasteiger partial charge is 0.489 e. The molecule has 23 heavy (non-hydrogen) atoms. The van der Waals surface area contributed by atoms with Gasteiger partial charge in [0.15, 0.2) is 0 Å². The van der Waals surface area contributed by atoms with Gasteiger partial charge in [-0.1, -0.05) is 28.1 Å². The number of nitrogens with two attached hydrogens (primary N) is 2. The van der Waals surface area contributed by atoms with E-state index in [9.17, 15) is 4.79 Å². The summed E-state index contributed by atoms with van der Waals surface area (Å²) in [4.78, 5) is 11.7. The molecular formula is C16H19BrN4O2. The molecular weight excluding hydrogens is 360 g/mol. The zero-order valence-corrected chi connectivity index (χ0v) is 14.6. The number of carbonyl (C=O) groups is 1. The van der Waals surface area contributed by atoms with Crippen LogP contribution in [0.2, 0.25) is 0 Å². The summed E-state index contributed by atoms with van der Waals surface area (Å²) in [5.41, 5.74) is 5.36. The predicted molar refractivity (Wildman–Crippen MR) is 93.8 cm³/mol. The second kappa shape index (κ2) is 7.45. The van der Waals surface area contributed by atoms with E-state index in [1.807, 2.05) is 49.6 Å². The molecule has 0 aliphatic heterocycles. The summed E-state index contributed by atoms with van der Waals surface area (Å²) >= 11 is 3.42. The third-order valence-corrected chi connectivity index (χ3v) is 3.99. The Morgan fingerprint density at radius 2 is 2.00 bits per heavy atom. The van der Waals surface area contributed by atoms with Crippen molar-refractivity contribution in [2.45, 2.75) is 20.5 Å². The highest BCUT2D eigenvalue weighted by Crippen LogP contribution is 2.27. The fraction of sp³-hybridized carbons (Fsp3) is 0.188. The molecule has 0 bridgehead atoms. The maximum absolute atomic E-state index is 11.7. The van der Waals surface area contributed by atoms with E-state index in [1.165, 1.54) is 0 Å². The zero-order valence-electron chi connectivity index (χ0n) is 13.0. The zero-order chi connectivity index (χ0) is 17.0. The van der Waals surface area contributed by atoms with Crippen molar-refractivity contribution in [3.8, 4) is 5.75 Å². The number of carbonyl (C=O) groups excluding carboxylic acids is 1. The monoisotopic (exact) mass is 378 g/mol. The first kappa shape index (κ1) is 17.3. The van der Waals surface area contributed by atoms with Crippen molar-refractivity contribution in [3.63, 3.8) is 0 Å². The third kappa shape index (κ3) is 4.01. The first-order valence-corrected chi connectivity index (χ1v) is 7.76. The summed E-state index contributed by atoms with van der Waals surface area (Å²) in [6.45, 7) is 4.19. The average molecular weight is 379 g/mol. The van der Waals surface area contributed by atoms with Gasteiger partial charge in [-0.2, -0.15) is 0 Å². The molecule has 0 unspecified atom stereocenters. The smallest absolute Gasteiger partial charge is 0.350 e. The van der Waals surface area contributed by atoms with Crippen LogP contribution in [0.1, 0.15) is 16.7 Å². The van der Waals surface area contributed by atoms with Crippen molar-refractivity contribution in [2.24, 2.45) is 11.7 Å². The van der Waals surface area contributed by atoms with E-state index in [-0.39, 0.29) is 6.61 Å². The first-order valence-electron chi connectivity index (χ1n) is 6.97. The van der Waals surface area contributed by atoms with E-state index in [0.717, 1.165) is 31.9 Å². The summed E-state index contributed by atoms with van der Waals surface area (Å²) in [5, 5.41) is 0.972. The van der Waals surface area contributed by atoms with Crippen LogP contribution in [0.4, 0.5) is 10.5 Å². The average Bonchev–Trinajstić information content (AvgIpc) is 2.53. The molecule has 2 rings (SSSR count). The Labute approximate surface area is 143 Å². The number of anilines is 1. The van der Waals surface area contributed by atoms with E-state index in [1.54, 1.807) is 6.07 Å². The fourth-order valence-electron chi connectivity index (χ4n) is 2.20. The minimum atomic E-state index is -0.600. The molecule has 0 radical (unpaired) electrons. The van der Waals surface area contributed by atoms with Crippen LogP contribution < -0.4 is 26.9 Å². The maximum Gasteiger partial charge on any atom is 0.350 e. The topological polar surface area (TPSA) is 93.6 Å². The van der Waals surface area contributed by atoms with Gasteiger partial charge in [0, 0.05) is 10.0 Å². The van der Waals surface area contributed by atoms with E-state index >= 15 is 0 Å². The molecule has 2 aromatic rings. The number of nitrogens with zero attached hydrogens (tertiary/aromatic N) is 1. The third-order valence-electron chi connectivity index (χ3n) is 3.50. The van der Waals surface area contributed by atoms with Gasteiger partial charge in [-0.25, -0.2) is 21.5 Å². The van der Waals surface area contributed by atoms with Crippen molar-refractivity contribution < 1.29 is 9.53 Å². The van der Waals surface area contributed by atoms with Gasteiger partial charge < -0.3 is 4.74 Å². The molecule has 0 atom stereocenters. The molecule has 2 aromatic carbocycles.